The van der Waals surface area contributed by atoms with E-state index in [0.29, 0.717) is 21.8 Å². The zero-order valence-corrected chi connectivity index (χ0v) is 13.9. The number of hydrogen-bond acceptors (Lipinski definition) is 6. The Morgan fingerprint density at radius 2 is 2.05 bits per heavy atom. The average Bonchev–Trinajstić information content (AvgIpc) is 2.38. The van der Waals surface area contributed by atoms with Crippen LogP contribution in [0.3, 0.4) is 0 Å². The first kappa shape index (κ1) is 16.1. The number of aromatic nitrogens is 3. The van der Waals surface area contributed by atoms with E-state index in [0.717, 1.165) is 10.6 Å². The maximum Gasteiger partial charge on any atom is 0.227 e. The molecule has 21 heavy (non-hydrogen) atoms. The molecule has 5 nitrogen and oxygen atoms in total. The summed E-state index contributed by atoms with van der Waals surface area (Å²) in [6.45, 7) is 3.80. The van der Waals surface area contributed by atoms with Gasteiger partial charge in [-0.15, -0.1) is 11.8 Å². The number of halogens is 2. The van der Waals surface area contributed by atoms with Crippen LogP contribution in [0.2, 0.25) is 10.0 Å². The second kappa shape index (κ2) is 7.15. The first-order valence-corrected chi connectivity index (χ1v) is 8.00. The number of benzene rings is 1. The summed E-state index contributed by atoms with van der Waals surface area (Å²) in [5.41, 5.74) is 5.60. The predicted molar refractivity (Wildman–Crippen MR) is 89.2 cm³/mol. The number of thioether (sulfide) groups is 1. The molecule has 0 radical (unpaired) electrons. The van der Waals surface area contributed by atoms with Crippen LogP contribution in [0.4, 0.5) is 11.9 Å². The molecule has 2 rings (SSSR count). The van der Waals surface area contributed by atoms with E-state index >= 15 is 0 Å². The highest BCUT2D eigenvalue weighted by Crippen LogP contribution is 2.30. The number of hydrogen-bond donors (Lipinski definition) is 2. The molecule has 0 aliphatic carbocycles. The Hall–Kier alpha value is -1.24. The second-order valence-electron chi connectivity index (χ2n) is 4.50. The minimum atomic E-state index is 0.131. The Bertz CT molecular complexity index is 618. The highest BCUT2D eigenvalue weighted by Gasteiger charge is 2.09. The highest BCUT2D eigenvalue weighted by molar-refractivity contribution is 7.99. The maximum absolute atomic E-state index is 6.13. The predicted octanol–water partition coefficient (Wildman–Crippen LogP) is 3.66. The van der Waals surface area contributed by atoms with E-state index in [2.05, 4.69) is 20.3 Å². The normalized spacial score (nSPS) is 12.2. The van der Waals surface area contributed by atoms with Crippen molar-refractivity contribution in [2.45, 2.75) is 24.8 Å². The van der Waals surface area contributed by atoms with Crippen LogP contribution in [0, 0.1) is 6.92 Å². The first-order chi connectivity index (χ1) is 9.94. The van der Waals surface area contributed by atoms with Crippen LogP contribution in [0.15, 0.2) is 23.1 Å². The molecule has 3 N–H and O–H groups in total. The smallest absolute Gasteiger partial charge is 0.227 e. The monoisotopic (exact) mass is 343 g/mol. The summed E-state index contributed by atoms with van der Waals surface area (Å²) < 4.78 is 0. The van der Waals surface area contributed by atoms with Gasteiger partial charge < -0.3 is 11.1 Å². The van der Waals surface area contributed by atoms with Crippen LogP contribution in [0.5, 0.6) is 0 Å². The molecule has 112 valence electrons. The number of nitrogens with one attached hydrogen (secondary N) is 1. The van der Waals surface area contributed by atoms with Crippen LogP contribution in [-0.4, -0.2) is 26.7 Å². The summed E-state index contributed by atoms with van der Waals surface area (Å²) in [7, 11) is 0. The Morgan fingerprint density at radius 3 is 2.76 bits per heavy atom. The minimum absolute atomic E-state index is 0.131. The van der Waals surface area contributed by atoms with Crippen molar-refractivity contribution in [2.24, 2.45) is 0 Å². The Morgan fingerprint density at radius 1 is 1.29 bits per heavy atom. The third-order valence-electron chi connectivity index (χ3n) is 2.52. The Kier molecular flexibility index (Phi) is 5.50. The molecule has 0 saturated carbocycles. The van der Waals surface area contributed by atoms with Crippen LogP contribution in [0.25, 0.3) is 0 Å². The highest BCUT2D eigenvalue weighted by atomic mass is 35.5. The van der Waals surface area contributed by atoms with E-state index in [1.807, 2.05) is 13.0 Å². The number of nitrogen functional groups attached to an aromatic ring is 1. The van der Waals surface area contributed by atoms with Crippen molar-refractivity contribution in [2.75, 3.05) is 16.8 Å². The van der Waals surface area contributed by atoms with Crippen molar-refractivity contribution in [3.05, 3.63) is 34.1 Å². The molecule has 0 amide bonds. The summed E-state index contributed by atoms with van der Waals surface area (Å²) in [6, 6.07) is 5.55. The fraction of sp³-hybridized carbons (Fsp3) is 0.308. The van der Waals surface area contributed by atoms with Gasteiger partial charge in [-0.3, -0.25) is 0 Å². The molecule has 8 heteroatoms. The number of aryl methyl sites for hydroxylation is 1. The van der Waals surface area contributed by atoms with Crippen molar-refractivity contribution < 1.29 is 0 Å². The van der Waals surface area contributed by atoms with Gasteiger partial charge in [0.2, 0.25) is 11.9 Å². The maximum atomic E-state index is 6.13. The quantitative estimate of drug-likeness (QED) is 0.806. The molecule has 2 aromatic rings. The number of rotatable bonds is 5. The topological polar surface area (TPSA) is 76.7 Å². The molecule has 1 aromatic heterocycles. The van der Waals surface area contributed by atoms with Crippen molar-refractivity contribution in [3.8, 4) is 0 Å². The zero-order valence-electron chi connectivity index (χ0n) is 11.6. The van der Waals surface area contributed by atoms with Crippen molar-refractivity contribution >= 4 is 46.9 Å². The fourth-order valence-corrected chi connectivity index (χ4v) is 3.08. The fourth-order valence-electron chi connectivity index (χ4n) is 1.63. The molecule has 0 aliphatic rings. The summed E-state index contributed by atoms with van der Waals surface area (Å²) in [5, 5.41) is 4.55. The second-order valence-corrected chi connectivity index (χ2v) is 6.40. The van der Waals surface area contributed by atoms with E-state index in [-0.39, 0.29) is 12.0 Å². The standard InChI is InChI=1S/C13H15Cl2N5S/c1-7(17-13-19-8(2)18-12(16)20-13)6-21-11-5-9(14)3-4-10(11)15/h3-5,7H,6H2,1-2H3,(H3,16,17,18,19,20). The van der Waals surface area contributed by atoms with Crippen molar-refractivity contribution in [1.29, 1.82) is 0 Å². The lowest BCUT2D eigenvalue weighted by Crippen LogP contribution is -2.20. The summed E-state index contributed by atoms with van der Waals surface area (Å²) in [4.78, 5) is 13.1. The number of nitrogens with two attached hydrogens (primary N) is 1. The van der Waals surface area contributed by atoms with Gasteiger partial charge in [-0.25, -0.2) is 0 Å². The summed E-state index contributed by atoms with van der Waals surface area (Å²) >= 11 is 13.7. The molecule has 1 aromatic carbocycles. The van der Waals surface area contributed by atoms with Gasteiger partial charge in [0.25, 0.3) is 0 Å². The van der Waals surface area contributed by atoms with Crippen LogP contribution in [-0.2, 0) is 0 Å². The molecule has 0 aliphatic heterocycles. The van der Waals surface area contributed by atoms with Gasteiger partial charge in [0.1, 0.15) is 5.82 Å². The summed E-state index contributed by atoms with van der Waals surface area (Å²) in [5.74, 6) is 2.06. The lowest BCUT2D eigenvalue weighted by molar-refractivity contribution is 0.869. The Balaban J connectivity index is 1.95. The van der Waals surface area contributed by atoms with Gasteiger partial charge >= 0.3 is 0 Å². The number of anilines is 2. The van der Waals surface area contributed by atoms with Gasteiger partial charge in [-0.1, -0.05) is 23.2 Å². The molecule has 1 atom stereocenters. The lowest BCUT2D eigenvalue weighted by atomic mass is 10.4. The molecular weight excluding hydrogens is 329 g/mol. The van der Waals surface area contributed by atoms with Crippen molar-refractivity contribution in [1.82, 2.24) is 15.0 Å². The van der Waals surface area contributed by atoms with E-state index in [1.54, 1.807) is 30.8 Å². The average molecular weight is 344 g/mol. The minimum Gasteiger partial charge on any atom is -0.368 e. The van der Waals surface area contributed by atoms with Gasteiger partial charge in [0.15, 0.2) is 0 Å². The molecule has 1 unspecified atom stereocenters. The van der Waals surface area contributed by atoms with Crippen LogP contribution in [0.1, 0.15) is 12.7 Å². The largest absolute Gasteiger partial charge is 0.368 e. The lowest BCUT2D eigenvalue weighted by Gasteiger charge is -2.14. The van der Waals surface area contributed by atoms with E-state index in [4.69, 9.17) is 28.9 Å². The van der Waals surface area contributed by atoms with Gasteiger partial charge in [0.05, 0.1) is 5.02 Å². The molecule has 0 saturated heterocycles. The first-order valence-electron chi connectivity index (χ1n) is 6.26. The third-order valence-corrected chi connectivity index (χ3v) is 4.51. The van der Waals surface area contributed by atoms with Gasteiger partial charge in [-0.05, 0) is 32.0 Å². The molecule has 1 heterocycles. The Labute approximate surface area is 137 Å². The summed E-state index contributed by atoms with van der Waals surface area (Å²) in [6.07, 6.45) is 0. The van der Waals surface area contributed by atoms with Gasteiger partial charge in [0, 0.05) is 21.7 Å². The van der Waals surface area contributed by atoms with Gasteiger partial charge in [-0.2, -0.15) is 15.0 Å². The van der Waals surface area contributed by atoms with Crippen molar-refractivity contribution in [3.63, 3.8) is 0 Å². The molecule has 0 fully saturated rings. The molecule has 0 spiro atoms. The zero-order chi connectivity index (χ0) is 15.4. The SMILES string of the molecule is Cc1nc(N)nc(NC(C)CSc2cc(Cl)ccc2Cl)n1. The van der Waals surface area contributed by atoms with E-state index in [1.165, 1.54) is 0 Å². The van der Waals surface area contributed by atoms with E-state index in [9.17, 15) is 0 Å². The number of nitrogens with zero attached hydrogens (tertiary/aromatic N) is 3. The third kappa shape index (κ3) is 4.91. The molecular formula is C13H15Cl2N5S. The van der Waals surface area contributed by atoms with Crippen LogP contribution < -0.4 is 11.1 Å². The molecule has 0 bridgehead atoms. The van der Waals surface area contributed by atoms with E-state index < -0.39 is 0 Å². The van der Waals surface area contributed by atoms with Crippen LogP contribution >= 0.6 is 35.0 Å².